The average Bonchev–Trinajstić information content (AvgIpc) is 2.53. The van der Waals surface area contributed by atoms with Crippen LogP contribution in [0.25, 0.3) is 5.82 Å². The van der Waals surface area contributed by atoms with Crippen LogP contribution in [-0.4, -0.2) is 19.7 Å². The van der Waals surface area contributed by atoms with Crippen LogP contribution in [0.5, 0.6) is 0 Å². The SMILES string of the molecule is Cc1nc(Cl)cc(-n2cccn2)n1. The molecular formula is C8H7ClN4. The molecule has 0 radical (unpaired) electrons. The number of halogens is 1. The van der Waals surface area contributed by atoms with Crippen molar-refractivity contribution in [2.75, 3.05) is 0 Å². The summed E-state index contributed by atoms with van der Waals surface area (Å²) in [5, 5.41) is 4.47. The van der Waals surface area contributed by atoms with E-state index in [0.717, 1.165) is 0 Å². The van der Waals surface area contributed by atoms with Crippen molar-refractivity contribution < 1.29 is 0 Å². The third-order valence-corrected chi connectivity index (χ3v) is 1.73. The molecule has 0 atom stereocenters. The van der Waals surface area contributed by atoms with Crippen LogP contribution in [0.1, 0.15) is 5.82 Å². The van der Waals surface area contributed by atoms with Gasteiger partial charge in [0, 0.05) is 18.5 Å². The summed E-state index contributed by atoms with van der Waals surface area (Å²) in [6, 6.07) is 3.49. The second-order valence-corrected chi connectivity index (χ2v) is 2.93. The van der Waals surface area contributed by atoms with Crippen LogP contribution in [0.4, 0.5) is 0 Å². The van der Waals surface area contributed by atoms with Crippen LogP contribution in [0.2, 0.25) is 5.15 Å². The number of hydrogen-bond acceptors (Lipinski definition) is 3. The summed E-state index contributed by atoms with van der Waals surface area (Å²) in [6.45, 7) is 1.79. The molecule has 0 aliphatic heterocycles. The zero-order chi connectivity index (χ0) is 9.26. The van der Waals surface area contributed by atoms with E-state index in [4.69, 9.17) is 11.6 Å². The Hall–Kier alpha value is -1.42. The van der Waals surface area contributed by atoms with Gasteiger partial charge >= 0.3 is 0 Å². The molecule has 66 valence electrons. The largest absolute Gasteiger partial charge is 0.223 e. The molecule has 0 bridgehead atoms. The summed E-state index contributed by atoms with van der Waals surface area (Å²) in [5.41, 5.74) is 0. The lowest BCUT2D eigenvalue weighted by Gasteiger charge is -2.01. The number of aryl methyl sites for hydroxylation is 1. The van der Waals surface area contributed by atoms with Gasteiger partial charge in [-0.25, -0.2) is 14.6 Å². The van der Waals surface area contributed by atoms with Gasteiger partial charge in [-0.1, -0.05) is 11.6 Å². The molecule has 0 spiro atoms. The van der Waals surface area contributed by atoms with E-state index >= 15 is 0 Å². The summed E-state index contributed by atoms with van der Waals surface area (Å²) in [7, 11) is 0. The van der Waals surface area contributed by atoms with Crippen LogP contribution in [0, 0.1) is 6.92 Å². The normalized spacial score (nSPS) is 10.3. The second kappa shape index (κ2) is 3.14. The third-order valence-electron chi connectivity index (χ3n) is 1.53. The van der Waals surface area contributed by atoms with Gasteiger partial charge in [0.15, 0.2) is 5.82 Å². The average molecular weight is 195 g/mol. The molecule has 4 nitrogen and oxygen atoms in total. The maximum atomic E-state index is 5.77. The van der Waals surface area contributed by atoms with Crippen molar-refractivity contribution in [3.05, 3.63) is 35.5 Å². The molecule has 0 fully saturated rings. The Labute approximate surface area is 80.2 Å². The Morgan fingerprint density at radius 2 is 2.23 bits per heavy atom. The first-order chi connectivity index (χ1) is 6.25. The molecule has 2 heterocycles. The van der Waals surface area contributed by atoms with E-state index in [1.807, 2.05) is 6.07 Å². The highest BCUT2D eigenvalue weighted by Gasteiger charge is 2.01. The molecular weight excluding hydrogens is 188 g/mol. The van der Waals surface area contributed by atoms with Gasteiger partial charge in [-0.15, -0.1) is 0 Å². The first-order valence-corrected chi connectivity index (χ1v) is 4.15. The quantitative estimate of drug-likeness (QED) is 0.648. The van der Waals surface area contributed by atoms with Crippen molar-refractivity contribution >= 4 is 11.6 Å². The highest BCUT2D eigenvalue weighted by molar-refractivity contribution is 6.29. The topological polar surface area (TPSA) is 43.6 Å². The maximum absolute atomic E-state index is 5.77. The van der Waals surface area contributed by atoms with E-state index in [2.05, 4.69) is 15.1 Å². The first-order valence-electron chi connectivity index (χ1n) is 3.77. The monoisotopic (exact) mass is 194 g/mol. The summed E-state index contributed by atoms with van der Waals surface area (Å²) in [6.07, 6.45) is 3.49. The van der Waals surface area contributed by atoms with Gasteiger partial charge in [-0.3, -0.25) is 0 Å². The van der Waals surface area contributed by atoms with Crippen molar-refractivity contribution in [2.45, 2.75) is 6.92 Å². The Bertz CT molecular complexity index is 390. The molecule has 13 heavy (non-hydrogen) atoms. The van der Waals surface area contributed by atoms with Crippen molar-refractivity contribution in [1.29, 1.82) is 0 Å². The predicted octanol–water partition coefficient (Wildman–Crippen LogP) is 1.62. The van der Waals surface area contributed by atoms with Crippen LogP contribution in [0.3, 0.4) is 0 Å². The number of hydrogen-bond donors (Lipinski definition) is 0. The van der Waals surface area contributed by atoms with E-state index in [-0.39, 0.29) is 0 Å². The minimum absolute atomic E-state index is 0.429. The summed E-state index contributed by atoms with van der Waals surface area (Å²) in [5.74, 6) is 1.32. The number of rotatable bonds is 1. The minimum Gasteiger partial charge on any atom is -0.223 e. The zero-order valence-corrected chi connectivity index (χ0v) is 7.73. The Morgan fingerprint density at radius 1 is 1.38 bits per heavy atom. The van der Waals surface area contributed by atoms with Gasteiger partial charge in [0.1, 0.15) is 11.0 Å². The fraction of sp³-hybridized carbons (Fsp3) is 0.125. The van der Waals surface area contributed by atoms with Crippen molar-refractivity contribution in [2.24, 2.45) is 0 Å². The Kier molecular flexibility index (Phi) is 1.98. The summed E-state index contributed by atoms with van der Waals surface area (Å²) in [4.78, 5) is 8.14. The van der Waals surface area contributed by atoms with Crippen LogP contribution in [0.15, 0.2) is 24.5 Å². The standard InChI is InChI=1S/C8H7ClN4/c1-6-11-7(9)5-8(12-6)13-4-2-3-10-13/h2-5H,1H3. The highest BCUT2D eigenvalue weighted by atomic mass is 35.5. The van der Waals surface area contributed by atoms with Crippen LogP contribution < -0.4 is 0 Å². The molecule has 2 rings (SSSR count). The second-order valence-electron chi connectivity index (χ2n) is 2.55. The molecule has 0 saturated carbocycles. The Balaban J connectivity index is 2.53. The van der Waals surface area contributed by atoms with E-state index < -0.39 is 0 Å². The van der Waals surface area contributed by atoms with Gasteiger partial charge in [-0.05, 0) is 13.0 Å². The van der Waals surface area contributed by atoms with E-state index in [9.17, 15) is 0 Å². The fourth-order valence-electron chi connectivity index (χ4n) is 1.04. The summed E-state index contributed by atoms with van der Waals surface area (Å²) < 4.78 is 1.64. The van der Waals surface area contributed by atoms with Gasteiger partial charge in [0.2, 0.25) is 0 Å². The molecule has 0 amide bonds. The number of aromatic nitrogens is 4. The fourth-order valence-corrected chi connectivity index (χ4v) is 1.26. The van der Waals surface area contributed by atoms with Crippen molar-refractivity contribution in [1.82, 2.24) is 19.7 Å². The highest BCUT2D eigenvalue weighted by Crippen LogP contribution is 2.09. The van der Waals surface area contributed by atoms with Gasteiger partial charge in [-0.2, -0.15) is 5.10 Å². The third kappa shape index (κ3) is 1.67. The molecule has 0 unspecified atom stereocenters. The van der Waals surface area contributed by atoms with Crippen molar-refractivity contribution in [3.63, 3.8) is 0 Å². The molecule has 0 aromatic carbocycles. The van der Waals surface area contributed by atoms with E-state index in [0.29, 0.717) is 16.8 Å². The lowest BCUT2D eigenvalue weighted by atomic mass is 10.5. The van der Waals surface area contributed by atoms with E-state index in [1.54, 1.807) is 30.1 Å². The lowest BCUT2D eigenvalue weighted by molar-refractivity contribution is 0.828. The number of nitrogens with zero attached hydrogens (tertiary/aromatic N) is 4. The molecule has 2 aromatic rings. The molecule has 0 saturated heterocycles. The summed E-state index contributed by atoms with van der Waals surface area (Å²) >= 11 is 5.77. The van der Waals surface area contributed by atoms with Gasteiger partial charge < -0.3 is 0 Å². The van der Waals surface area contributed by atoms with Crippen molar-refractivity contribution in [3.8, 4) is 5.82 Å². The molecule has 0 aliphatic carbocycles. The van der Waals surface area contributed by atoms with Gasteiger partial charge in [0.25, 0.3) is 0 Å². The van der Waals surface area contributed by atoms with E-state index in [1.165, 1.54) is 0 Å². The zero-order valence-electron chi connectivity index (χ0n) is 6.98. The van der Waals surface area contributed by atoms with Crippen LogP contribution >= 0.6 is 11.6 Å². The molecule has 0 N–H and O–H groups in total. The molecule has 5 heteroatoms. The van der Waals surface area contributed by atoms with Crippen LogP contribution in [-0.2, 0) is 0 Å². The smallest absolute Gasteiger partial charge is 0.158 e. The molecule has 2 aromatic heterocycles. The Morgan fingerprint density at radius 3 is 2.85 bits per heavy atom. The molecule has 0 aliphatic rings. The first kappa shape index (κ1) is 8.19. The van der Waals surface area contributed by atoms with Gasteiger partial charge in [0.05, 0.1) is 0 Å². The predicted molar refractivity (Wildman–Crippen MR) is 48.9 cm³/mol. The maximum Gasteiger partial charge on any atom is 0.158 e. The lowest BCUT2D eigenvalue weighted by Crippen LogP contribution is -2.00. The minimum atomic E-state index is 0.429.